The third-order valence-electron chi connectivity index (χ3n) is 5.30. The Morgan fingerprint density at radius 2 is 0.778 bits per heavy atom. The second kappa shape index (κ2) is 9.06. The number of hydrogen-bond acceptors (Lipinski definition) is 10. The van der Waals surface area contributed by atoms with Crippen LogP contribution in [0.4, 0.5) is 0 Å². The molecular weight excluding hydrogens is 472 g/mol. The second-order valence-corrected chi connectivity index (χ2v) is 7.53. The summed E-state index contributed by atoms with van der Waals surface area (Å²) in [7, 11) is 0. The highest BCUT2D eigenvalue weighted by Crippen LogP contribution is 2.41. The molecule has 2 heterocycles. The molecule has 36 heavy (non-hydrogen) atoms. The Kier molecular flexibility index (Phi) is 5.77. The van der Waals surface area contributed by atoms with Crippen molar-refractivity contribution in [2.45, 2.75) is 13.8 Å². The number of rotatable bonds is 8. The van der Waals surface area contributed by atoms with Crippen LogP contribution in [0.5, 0.6) is 34.5 Å². The first-order valence-electron chi connectivity index (χ1n) is 11.0. The van der Waals surface area contributed by atoms with E-state index in [0.29, 0.717) is 24.7 Å². The van der Waals surface area contributed by atoms with Gasteiger partial charge in [0.2, 0.25) is 0 Å². The molecule has 0 saturated carbocycles. The molecule has 10 nitrogen and oxygen atoms in total. The van der Waals surface area contributed by atoms with Crippen molar-refractivity contribution in [1.82, 2.24) is 0 Å². The van der Waals surface area contributed by atoms with Crippen LogP contribution >= 0.6 is 0 Å². The van der Waals surface area contributed by atoms with Crippen LogP contribution < -0.4 is 41.4 Å². The van der Waals surface area contributed by atoms with Crippen molar-refractivity contribution in [3.8, 4) is 34.5 Å². The molecule has 0 saturated heterocycles. The minimum absolute atomic E-state index is 0.210. The summed E-state index contributed by atoms with van der Waals surface area (Å²) in [6.07, 6.45) is 0. The van der Waals surface area contributed by atoms with Gasteiger partial charge in [-0.15, -0.1) is 0 Å². The highest BCUT2D eigenvalue weighted by molar-refractivity contribution is 6.10. The smallest absolute Gasteiger partial charge is 0.350 e. The topological polar surface area (TPSA) is 131 Å². The van der Waals surface area contributed by atoms with E-state index >= 15 is 0 Å². The van der Waals surface area contributed by atoms with E-state index in [1.165, 1.54) is 0 Å². The van der Waals surface area contributed by atoms with Gasteiger partial charge in [0.25, 0.3) is 0 Å². The predicted octanol–water partition coefficient (Wildman–Crippen LogP) is 3.88. The van der Waals surface area contributed by atoms with Gasteiger partial charge in [-0.1, -0.05) is 0 Å². The lowest BCUT2D eigenvalue weighted by Crippen LogP contribution is -2.03. The Balaban J connectivity index is 1.73. The zero-order valence-corrected chi connectivity index (χ0v) is 19.1. The lowest BCUT2D eigenvalue weighted by atomic mass is 10.1. The predicted molar refractivity (Wildman–Crippen MR) is 129 cm³/mol. The first kappa shape index (κ1) is 22.9. The van der Waals surface area contributed by atoms with Crippen molar-refractivity contribution in [1.29, 1.82) is 0 Å². The zero-order chi connectivity index (χ0) is 25.4. The molecule has 0 aliphatic heterocycles. The molecule has 0 N–H and O–H groups in total. The Labute approximate surface area is 201 Å². The van der Waals surface area contributed by atoms with Gasteiger partial charge >= 0.3 is 22.5 Å². The molecule has 0 fully saturated rings. The highest BCUT2D eigenvalue weighted by Gasteiger charge is 2.30. The summed E-state index contributed by atoms with van der Waals surface area (Å²) in [4.78, 5) is 50.7. The lowest BCUT2D eigenvalue weighted by Gasteiger charge is -2.12. The van der Waals surface area contributed by atoms with Crippen LogP contribution in [0.2, 0.25) is 0 Å². The number of benzene rings is 3. The van der Waals surface area contributed by atoms with E-state index in [1.54, 1.807) is 48.5 Å². The van der Waals surface area contributed by atoms with E-state index in [9.17, 15) is 19.2 Å². The summed E-state index contributed by atoms with van der Waals surface area (Å²) in [5.74, 6) is 0.890. The molecule has 0 bridgehead atoms. The maximum atomic E-state index is 12.7. The quantitative estimate of drug-likeness (QED) is 0.316. The summed E-state index contributed by atoms with van der Waals surface area (Å²) >= 11 is 0. The van der Waals surface area contributed by atoms with Crippen LogP contribution in [0, 0.1) is 0 Å². The molecule has 0 atom stereocenters. The van der Waals surface area contributed by atoms with Gasteiger partial charge < -0.3 is 27.8 Å². The van der Waals surface area contributed by atoms with Gasteiger partial charge in [0.15, 0.2) is 11.5 Å². The standard InChI is InChI=1S/C26H18O10/c1-3-31-13-5-9-15(10-6-13)33-21-17-19(25(29)35-23(17)27)22(20-18(21)24(28)36-26(20)30)34-16-11-7-14(8-12-16)32-4-2/h5-12H,3-4H2,1-2H3. The van der Waals surface area contributed by atoms with E-state index < -0.39 is 22.5 Å². The van der Waals surface area contributed by atoms with Gasteiger partial charge in [0, 0.05) is 0 Å². The largest absolute Gasteiger partial charge is 0.494 e. The molecule has 5 aromatic rings. The van der Waals surface area contributed by atoms with Gasteiger partial charge in [-0.05, 0) is 62.4 Å². The second-order valence-electron chi connectivity index (χ2n) is 7.53. The Morgan fingerprint density at radius 3 is 1.06 bits per heavy atom. The molecule has 0 spiro atoms. The summed E-state index contributed by atoms with van der Waals surface area (Å²) in [5, 5.41) is -1.39. The fraction of sp³-hybridized carbons (Fsp3) is 0.154. The molecule has 182 valence electrons. The molecule has 10 heteroatoms. The normalized spacial score (nSPS) is 11.2. The van der Waals surface area contributed by atoms with E-state index in [-0.39, 0.29) is 44.5 Å². The van der Waals surface area contributed by atoms with Crippen molar-refractivity contribution in [3.63, 3.8) is 0 Å². The van der Waals surface area contributed by atoms with Crippen LogP contribution in [0.3, 0.4) is 0 Å². The minimum Gasteiger partial charge on any atom is -0.494 e. The van der Waals surface area contributed by atoms with Gasteiger partial charge in [-0.2, -0.15) is 0 Å². The molecule has 0 amide bonds. The summed E-state index contributed by atoms with van der Waals surface area (Å²) in [5.41, 5.74) is -4.21. The first-order chi connectivity index (χ1) is 17.4. The van der Waals surface area contributed by atoms with Crippen LogP contribution in [-0.4, -0.2) is 13.2 Å². The fourth-order valence-corrected chi connectivity index (χ4v) is 3.84. The average Bonchev–Trinajstić information content (AvgIpc) is 3.33. The highest BCUT2D eigenvalue weighted by atomic mass is 16.5. The van der Waals surface area contributed by atoms with Gasteiger partial charge in [-0.3, -0.25) is 0 Å². The maximum absolute atomic E-state index is 12.7. The van der Waals surface area contributed by atoms with Crippen molar-refractivity contribution >= 4 is 21.5 Å². The molecule has 0 aliphatic carbocycles. The van der Waals surface area contributed by atoms with Crippen LogP contribution in [-0.2, 0) is 0 Å². The number of furan rings is 2. The van der Waals surface area contributed by atoms with Crippen molar-refractivity contribution in [2.75, 3.05) is 13.2 Å². The van der Waals surface area contributed by atoms with Crippen molar-refractivity contribution in [2.24, 2.45) is 0 Å². The first-order valence-corrected chi connectivity index (χ1v) is 11.0. The van der Waals surface area contributed by atoms with Crippen LogP contribution in [0.15, 0.2) is 76.5 Å². The summed E-state index contributed by atoms with van der Waals surface area (Å²) < 4.78 is 32.1. The third-order valence-corrected chi connectivity index (χ3v) is 5.30. The Bertz CT molecular complexity index is 1560. The molecule has 0 unspecified atom stereocenters. The maximum Gasteiger partial charge on any atom is 0.350 e. The summed E-state index contributed by atoms with van der Waals surface area (Å²) in [6, 6.07) is 12.6. The minimum atomic E-state index is -1.05. The van der Waals surface area contributed by atoms with Gasteiger partial charge in [-0.25, -0.2) is 19.2 Å². The average molecular weight is 490 g/mol. The monoisotopic (exact) mass is 490 g/mol. The SMILES string of the molecule is CCOc1ccc(Oc2c3c(=O)oc(=O)c3c(Oc3ccc(OCC)cc3)c3c(=O)oc(=O)c23)cc1. The molecule has 0 aliphatic rings. The third kappa shape index (κ3) is 3.88. The number of hydrogen-bond donors (Lipinski definition) is 0. The van der Waals surface area contributed by atoms with Gasteiger partial charge in [0.1, 0.15) is 44.5 Å². The van der Waals surface area contributed by atoms with Gasteiger partial charge in [0.05, 0.1) is 13.2 Å². The number of ether oxygens (including phenoxy) is 4. The summed E-state index contributed by atoms with van der Waals surface area (Å²) in [6.45, 7) is 4.58. The Hall–Kier alpha value is -4.86. The molecule has 2 aromatic heterocycles. The van der Waals surface area contributed by atoms with Crippen LogP contribution in [0.25, 0.3) is 21.5 Å². The molecule has 3 aromatic carbocycles. The van der Waals surface area contributed by atoms with E-state index in [4.69, 9.17) is 27.8 Å². The van der Waals surface area contributed by atoms with E-state index in [2.05, 4.69) is 0 Å². The van der Waals surface area contributed by atoms with E-state index in [0.717, 1.165) is 0 Å². The number of fused-ring (bicyclic) bond motifs is 2. The molecular formula is C26H18O10. The van der Waals surface area contributed by atoms with E-state index in [1.807, 2.05) is 13.8 Å². The lowest BCUT2D eigenvalue weighted by molar-refractivity contribution is 0.339. The Morgan fingerprint density at radius 1 is 0.500 bits per heavy atom. The van der Waals surface area contributed by atoms with Crippen molar-refractivity contribution < 1.29 is 27.8 Å². The van der Waals surface area contributed by atoms with Crippen LogP contribution in [0.1, 0.15) is 13.8 Å². The van der Waals surface area contributed by atoms with Crippen molar-refractivity contribution in [3.05, 3.63) is 90.2 Å². The molecule has 0 radical (unpaired) electrons. The molecule has 5 rings (SSSR count). The zero-order valence-electron chi connectivity index (χ0n) is 19.1. The fourth-order valence-electron chi connectivity index (χ4n) is 3.84.